The summed E-state index contributed by atoms with van der Waals surface area (Å²) >= 11 is 3.28. The largest absolute Gasteiger partial charge is 0.350 e. The average Bonchev–Trinajstić information content (AvgIpc) is 2.89. The zero-order chi connectivity index (χ0) is 18.7. The van der Waals surface area contributed by atoms with Gasteiger partial charge in [0.15, 0.2) is 0 Å². The van der Waals surface area contributed by atoms with Crippen molar-refractivity contribution in [3.8, 4) is 0 Å². The Labute approximate surface area is 158 Å². The molecule has 1 aromatic heterocycles. The van der Waals surface area contributed by atoms with Crippen LogP contribution < -0.4 is 11.0 Å². The maximum Gasteiger partial charge on any atom is 0.329 e. The molecule has 0 fully saturated rings. The third-order valence-electron chi connectivity index (χ3n) is 4.16. The van der Waals surface area contributed by atoms with Crippen LogP contribution in [0.2, 0.25) is 0 Å². The van der Waals surface area contributed by atoms with Crippen LogP contribution in [-0.2, 0) is 24.4 Å². The van der Waals surface area contributed by atoms with E-state index in [9.17, 15) is 14.0 Å². The van der Waals surface area contributed by atoms with Crippen molar-refractivity contribution in [2.75, 3.05) is 0 Å². The molecule has 26 heavy (non-hydrogen) atoms. The van der Waals surface area contributed by atoms with E-state index in [1.54, 1.807) is 16.7 Å². The molecule has 0 saturated heterocycles. The van der Waals surface area contributed by atoms with Crippen LogP contribution in [0, 0.1) is 5.82 Å². The number of fused-ring (bicyclic) bond motifs is 1. The van der Waals surface area contributed by atoms with Gasteiger partial charge in [0.2, 0.25) is 5.91 Å². The van der Waals surface area contributed by atoms with E-state index in [1.807, 2.05) is 31.2 Å². The number of aryl methyl sites for hydroxylation is 1. The summed E-state index contributed by atoms with van der Waals surface area (Å²) in [6.07, 6.45) is 0.822. The molecule has 0 spiro atoms. The molecule has 136 valence electrons. The summed E-state index contributed by atoms with van der Waals surface area (Å²) in [5, 5.41) is 2.68. The molecule has 1 heterocycles. The van der Waals surface area contributed by atoms with Crippen LogP contribution in [0.25, 0.3) is 11.0 Å². The first kappa shape index (κ1) is 18.4. The molecule has 0 saturated carbocycles. The highest BCUT2D eigenvalue weighted by molar-refractivity contribution is 9.10. The second-order valence-corrected chi connectivity index (χ2v) is 6.94. The monoisotopic (exact) mass is 419 g/mol. The summed E-state index contributed by atoms with van der Waals surface area (Å²) in [5.41, 5.74) is 1.70. The Hall–Kier alpha value is -2.41. The van der Waals surface area contributed by atoms with Crippen LogP contribution in [-0.4, -0.2) is 15.0 Å². The maximum absolute atomic E-state index is 13.8. The fourth-order valence-electron chi connectivity index (χ4n) is 2.94. The van der Waals surface area contributed by atoms with Crippen LogP contribution in [0.1, 0.15) is 18.9 Å². The minimum absolute atomic E-state index is 0.0620. The van der Waals surface area contributed by atoms with E-state index >= 15 is 0 Å². The van der Waals surface area contributed by atoms with Gasteiger partial charge >= 0.3 is 5.69 Å². The molecule has 3 aromatic rings. The maximum atomic E-state index is 13.8. The summed E-state index contributed by atoms with van der Waals surface area (Å²) in [6, 6.07) is 12.0. The minimum Gasteiger partial charge on any atom is -0.350 e. The number of nitrogens with zero attached hydrogens (tertiary/aromatic N) is 2. The molecule has 0 aliphatic heterocycles. The number of benzene rings is 2. The minimum atomic E-state index is -0.384. The van der Waals surface area contributed by atoms with Gasteiger partial charge < -0.3 is 5.32 Å². The number of aromatic nitrogens is 2. The SMILES string of the molecule is CCCn1c(=O)n(CC(=O)NCc2cc(Br)ccc2F)c2ccccc21. The topological polar surface area (TPSA) is 56.0 Å². The van der Waals surface area contributed by atoms with Gasteiger partial charge in [-0.3, -0.25) is 13.9 Å². The Morgan fingerprint density at radius 2 is 1.85 bits per heavy atom. The number of halogens is 2. The highest BCUT2D eigenvalue weighted by atomic mass is 79.9. The lowest BCUT2D eigenvalue weighted by Crippen LogP contribution is -2.33. The number of para-hydroxylation sites is 2. The predicted octanol–water partition coefficient (Wildman–Crippen LogP) is 3.43. The van der Waals surface area contributed by atoms with Crippen molar-refractivity contribution in [2.45, 2.75) is 33.0 Å². The van der Waals surface area contributed by atoms with Crippen LogP contribution in [0.3, 0.4) is 0 Å². The number of carbonyl (C=O) groups is 1. The summed E-state index contributed by atoms with van der Waals surface area (Å²) in [5.74, 6) is -0.726. The van der Waals surface area contributed by atoms with E-state index in [2.05, 4.69) is 21.2 Å². The van der Waals surface area contributed by atoms with Gasteiger partial charge in [-0.15, -0.1) is 0 Å². The summed E-state index contributed by atoms with van der Waals surface area (Å²) < 4.78 is 17.6. The molecular weight excluding hydrogens is 401 g/mol. The summed E-state index contributed by atoms with van der Waals surface area (Å²) in [6.45, 7) is 2.55. The van der Waals surface area contributed by atoms with Crippen molar-refractivity contribution in [3.05, 3.63) is 68.8 Å². The average molecular weight is 420 g/mol. The highest BCUT2D eigenvalue weighted by Crippen LogP contribution is 2.16. The van der Waals surface area contributed by atoms with Crippen molar-refractivity contribution in [1.29, 1.82) is 0 Å². The first-order chi connectivity index (χ1) is 12.5. The first-order valence-electron chi connectivity index (χ1n) is 8.40. The normalized spacial score (nSPS) is 11.0. The number of hydrogen-bond acceptors (Lipinski definition) is 2. The van der Waals surface area contributed by atoms with Gasteiger partial charge in [0.1, 0.15) is 12.4 Å². The molecule has 0 radical (unpaired) electrons. The van der Waals surface area contributed by atoms with Crippen molar-refractivity contribution in [3.63, 3.8) is 0 Å². The van der Waals surface area contributed by atoms with E-state index in [-0.39, 0.29) is 30.5 Å². The summed E-state index contributed by atoms with van der Waals surface area (Å²) in [7, 11) is 0. The van der Waals surface area contributed by atoms with E-state index < -0.39 is 0 Å². The third kappa shape index (κ3) is 3.72. The van der Waals surface area contributed by atoms with E-state index in [4.69, 9.17) is 0 Å². The van der Waals surface area contributed by atoms with Gasteiger partial charge in [0.05, 0.1) is 11.0 Å². The fourth-order valence-corrected chi connectivity index (χ4v) is 3.35. The smallest absolute Gasteiger partial charge is 0.329 e. The van der Waals surface area contributed by atoms with Gasteiger partial charge in [-0.2, -0.15) is 0 Å². The third-order valence-corrected chi connectivity index (χ3v) is 4.65. The molecule has 1 amide bonds. The standard InChI is InChI=1S/C19H19BrFN3O2/c1-2-9-23-16-5-3-4-6-17(16)24(19(23)26)12-18(25)22-11-13-10-14(20)7-8-15(13)21/h3-8,10H,2,9,11-12H2,1H3,(H,22,25). The van der Waals surface area contributed by atoms with Crippen molar-refractivity contribution in [1.82, 2.24) is 14.5 Å². The number of imidazole rings is 1. The second kappa shape index (κ2) is 7.86. The van der Waals surface area contributed by atoms with Gasteiger partial charge in [-0.25, -0.2) is 9.18 Å². The number of nitrogens with one attached hydrogen (secondary N) is 1. The molecule has 0 aliphatic carbocycles. The van der Waals surface area contributed by atoms with Crippen molar-refractivity contribution < 1.29 is 9.18 Å². The Kier molecular flexibility index (Phi) is 5.56. The van der Waals surface area contributed by atoms with Gasteiger partial charge in [0, 0.05) is 23.1 Å². The van der Waals surface area contributed by atoms with Gasteiger partial charge in [0.25, 0.3) is 0 Å². The summed E-state index contributed by atoms with van der Waals surface area (Å²) in [4.78, 5) is 25.0. The van der Waals surface area contributed by atoms with E-state index in [0.29, 0.717) is 12.1 Å². The molecular formula is C19H19BrFN3O2. The Balaban J connectivity index is 1.80. The number of rotatable bonds is 6. The van der Waals surface area contributed by atoms with E-state index in [1.165, 1.54) is 10.6 Å². The molecule has 1 N–H and O–H groups in total. The van der Waals surface area contributed by atoms with Crippen LogP contribution in [0.4, 0.5) is 4.39 Å². The molecule has 0 aliphatic rings. The molecule has 0 atom stereocenters. The van der Waals surface area contributed by atoms with Crippen LogP contribution in [0.5, 0.6) is 0 Å². The molecule has 0 unspecified atom stereocenters. The molecule has 2 aromatic carbocycles. The Morgan fingerprint density at radius 1 is 1.15 bits per heavy atom. The second-order valence-electron chi connectivity index (χ2n) is 6.02. The predicted molar refractivity (Wildman–Crippen MR) is 102 cm³/mol. The lowest BCUT2D eigenvalue weighted by Gasteiger charge is -2.08. The molecule has 3 rings (SSSR count). The quantitative estimate of drug-likeness (QED) is 0.665. The van der Waals surface area contributed by atoms with Crippen molar-refractivity contribution >= 4 is 32.9 Å². The van der Waals surface area contributed by atoms with Crippen molar-refractivity contribution in [2.24, 2.45) is 0 Å². The van der Waals surface area contributed by atoms with E-state index in [0.717, 1.165) is 21.9 Å². The lowest BCUT2D eigenvalue weighted by molar-refractivity contribution is -0.121. The number of carbonyl (C=O) groups excluding carboxylic acids is 1. The fraction of sp³-hybridized carbons (Fsp3) is 0.263. The van der Waals surface area contributed by atoms with Crippen LogP contribution in [0.15, 0.2) is 51.7 Å². The Morgan fingerprint density at radius 3 is 2.54 bits per heavy atom. The Bertz CT molecular complexity index is 1010. The van der Waals surface area contributed by atoms with Crippen LogP contribution >= 0.6 is 15.9 Å². The number of hydrogen-bond donors (Lipinski definition) is 1. The number of amides is 1. The lowest BCUT2D eigenvalue weighted by atomic mass is 10.2. The van der Waals surface area contributed by atoms with Gasteiger partial charge in [-0.1, -0.05) is 35.0 Å². The zero-order valence-corrected chi connectivity index (χ0v) is 15.9. The molecule has 7 heteroatoms. The highest BCUT2D eigenvalue weighted by Gasteiger charge is 2.15. The molecule has 5 nitrogen and oxygen atoms in total. The van der Waals surface area contributed by atoms with Gasteiger partial charge in [-0.05, 0) is 36.8 Å². The first-order valence-corrected chi connectivity index (χ1v) is 9.19. The molecule has 0 bridgehead atoms. The zero-order valence-electron chi connectivity index (χ0n) is 14.3.